The molecule has 2 unspecified atom stereocenters. The van der Waals surface area contributed by atoms with Crippen LogP contribution < -0.4 is 0 Å². The number of benzene rings is 4. The Labute approximate surface area is 334 Å². The third-order valence-corrected chi connectivity index (χ3v) is 11.2. The number of ether oxygens (including phenoxy) is 2. The Morgan fingerprint density at radius 3 is 1.53 bits per heavy atom. The SMILES string of the molecule is CCOC(=O)C(C)[C@H](c1ccc(C)c(CO)c1)c1ccc2c(nnn2C)c1C.CCOC(=O)C(C)[C@H](c1ccc(C)c(CO)c1)c1ccc2c(nnn2CC)c1C. The number of aliphatic hydroxyl groups is 2. The van der Waals surface area contributed by atoms with Gasteiger partial charge in [0.15, 0.2) is 0 Å². The Morgan fingerprint density at radius 1 is 0.649 bits per heavy atom. The smallest absolute Gasteiger partial charge is 0.309 e. The molecule has 0 saturated heterocycles. The molecule has 0 aliphatic rings. The molecule has 12 heteroatoms. The maximum atomic E-state index is 12.7. The van der Waals surface area contributed by atoms with Gasteiger partial charge in [-0.05, 0) is 116 Å². The monoisotopic (exact) mass is 776 g/mol. The number of esters is 2. The third-order valence-electron chi connectivity index (χ3n) is 11.2. The Hall–Kier alpha value is -5.46. The lowest BCUT2D eigenvalue weighted by molar-refractivity contribution is -0.148. The molecule has 2 heterocycles. The minimum absolute atomic E-state index is 0.0387. The zero-order valence-electron chi connectivity index (χ0n) is 34.8. The van der Waals surface area contributed by atoms with Crippen LogP contribution in [0.1, 0.15) is 102 Å². The summed E-state index contributed by atoms with van der Waals surface area (Å²) in [6, 6.07) is 20.1. The van der Waals surface area contributed by atoms with Crippen LogP contribution in [0.15, 0.2) is 60.7 Å². The number of aryl methyl sites for hydroxylation is 6. The van der Waals surface area contributed by atoms with Gasteiger partial charge in [-0.25, -0.2) is 9.36 Å². The molecule has 0 bridgehead atoms. The second-order valence-electron chi connectivity index (χ2n) is 14.6. The molecule has 12 nitrogen and oxygen atoms in total. The Balaban J connectivity index is 0.000000218. The molecule has 2 aromatic heterocycles. The molecule has 0 spiro atoms. The summed E-state index contributed by atoms with van der Waals surface area (Å²) in [6.45, 7) is 18.8. The standard InChI is InChI=1S/C23H29N3O3.C22H27N3O3/c1-6-26-20-11-10-19(15(4)22(20)24-25-26)21(16(5)23(28)29-7-2)17-9-8-14(3)18(12-17)13-27;1-6-28-22(27)15(4)20(16-8-7-13(2)17(11-16)12-26)18-9-10-19-21(14(18)3)23-24-25(19)5/h8-12,16,21,27H,6-7,13H2,1-5H3;7-11,15,20,26H,6,12H2,1-5H3/t16?,21-;15?,20-/m11/s1. The molecular weight excluding hydrogens is 721 g/mol. The highest BCUT2D eigenvalue weighted by atomic mass is 16.5. The molecule has 4 aromatic carbocycles. The van der Waals surface area contributed by atoms with Gasteiger partial charge >= 0.3 is 11.9 Å². The van der Waals surface area contributed by atoms with Crippen LogP contribution >= 0.6 is 0 Å². The van der Waals surface area contributed by atoms with Gasteiger partial charge in [-0.2, -0.15) is 0 Å². The summed E-state index contributed by atoms with van der Waals surface area (Å²) in [5.41, 5.74) is 13.4. The van der Waals surface area contributed by atoms with E-state index in [1.807, 2.05) is 129 Å². The maximum absolute atomic E-state index is 12.7. The largest absolute Gasteiger partial charge is 0.466 e. The van der Waals surface area contributed by atoms with E-state index in [0.717, 1.165) is 84.2 Å². The summed E-state index contributed by atoms with van der Waals surface area (Å²) in [7, 11) is 1.86. The van der Waals surface area contributed by atoms with E-state index in [1.54, 1.807) is 4.68 Å². The number of nitrogens with zero attached hydrogens (tertiary/aromatic N) is 6. The van der Waals surface area contributed by atoms with Gasteiger partial charge in [0.1, 0.15) is 11.0 Å². The summed E-state index contributed by atoms with van der Waals surface area (Å²) in [5.74, 6) is -1.67. The van der Waals surface area contributed by atoms with Crippen LogP contribution in [0.4, 0.5) is 0 Å². The van der Waals surface area contributed by atoms with Crippen LogP contribution in [0.3, 0.4) is 0 Å². The highest BCUT2D eigenvalue weighted by molar-refractivity contribution is 5.82. The third kappa shape index (κ3) is 8.77. The van der Waals surface area contributed by atoms with Crippen LogP contribution in [-0.4, -0.2) is 65.4 Å². The van der Waals surface area contributed by atoms with Crippen LogP contribution in [0.2, 0.25) is 0 Å². The molecule has 0 radical (unpaired) electrons. The number of aliphatic hydroxyl groups excluding tert-OH is 2. The average molecular weight is 777 g/mol. The second kappa shape index (κ2) is 18.7. The van der Waals surface area contributed by atoms with Crippen molar-refractivity contribution in [1.82, 2.24) is 30.0 Å². The Morgan fingerprint density at radius 2 is 1.09 bits per heavy atom. The van der Waals surface area contributed by atoms with Gasteiger partial charge in [0.2, 0.25) is 0 Å². The normalized spacial score (nSPS) is 13.5. The van der Waals surface area contributed by atoms with Crippen LogP contribution in [0.25, 0.3) is 22.1 Å². The molecule has 0 saturated carbocycles. The molecule has 0 aliphatic heterocycles. The van der Waals surface area contributed by atoms with E-state index in [1.165, 1.54) is 0 Å². The minimum Gasteiger partial charge on any atom is -0.466 e. The minimum atomic E-state index is -0.387. The van der Waals surface area contributed by atoms with E-state index < -0.39 is 0 Å². The number of hydrogen-bond acceptors (Lipinski definition) is 10. The molecule has 302 valence electrons. The lowest BCUT2D eigenvalue weighted by Gasteiger charge is -2.26. The Bertz CT molecular complexity index is 2360. The summed E-state index contributed by atoms with van der Waals surface area (Å²) in [4.78, 5) is 25.3. The maximum Gasteiger partial charge on any atom is 0.309 e. The quantitative estimate of drug-likeness (QED) is 0.114. The lowest BCUT2D eigenvalue weighted by atomic mass is 9.79. The number of hydrogen-bond donors (Lipinski definition) is 2. The number of rotatable bonds is 13. The first-order valence-corrected chi connectivity index (χ1v) is 19.7. The van der Waals surface area contributed by atoms with Crippen LogP contribution in [-0.2, 0) is 45.9 Å². The topological polar surface area (TPSA) is 154 Å². The lowest BCUT2D eigenvalue weighted by Crippen LogP contribution is -2.24. The highest BCUT2D eigenvalue weighted by Crippen LogP contribution is 2.39. The summed E-state index contributed by atoms with van der Waals surface area (Å²) >= 11 is 0. The van der Waals surface area contributed by atoms with Crippen molar-refractivity contribution in [1.29, 1.82) is 0 Å². The van der Waals surface area contributed by atoms with Crippen molar-refractivity contribution in [3.05, 3.63) is 116 Å². The van der Waals surface area contributed by atoms with Gasteiger partial charge in [0.05, 0.1) is 49.3 Å². The zero-order valence-corrected chi connectivity index (χ0v) is 34.8. The zero-order chi connectivity index (χ0) is 41.6. The van der Waals surface area contributed by atoms with Crippen molar-refractivity contribution in [3.8, 4) is 0 Å². The number of carbonyl (C=O) groups is 2. The van der Waals surface area contributed by atoms with E-state index in [2.05, 4.69) is 26.7 Å². The van der Waals surface area contributed by atoms with E-state index in [0.29, 0.717) is 13.2 Å². The van der Waals surface area contributed by atoms with E-state index in [9.17, 15) is 19.8 Å². The first-order valence-electron chi connectivity index (χ1n) is 19.7. The first-order chi connectivity index (χ1) is 27.3. The van der Waals surface area contributed by atoms with Gasteiger partial charge in [-0.3, -0.25) is 9.59 Å². The first kappa shape index (κ1) is 42.7. The number of fused-ring (bicyclic) bond motifs is 2. The summed E-state index contributed by atoms with van der Waals surface area (Å²) in [5, 5.41) is 36.5. The van der Waals surface area contributed by atoms with Gasteiger partial charge in [0, 0.05) is 25.4 Å². The average Bonchev–Trinajstić information content (AvgIpc) is 3.81. The number of aromatic nitrogens is 6. The van der Waals surface area contributed by atoms with Crippen molar-refractivity contribution in [2.75, 3.05) is 13.2 Å². The summed E-state index contributed by atoms with van der Waals surface area (Å²) < 4.78 is 14.3. The second-order valence-corrected chi connectivity index (χ2v) is 14.6. The Kier molecular flexibility index (Phi) is 14.0. The molecule has 6 rings (SSSR count). The molecule has 0 amide bonds. The fourth-order valence-corrected chi connectivity index (χ4v) is 7.74. The van der Waals surface area contributed by atoms with Crippen molar-refractivity contribution >= 4 is 34.0 Å². The fraction of sp³-hybridized carbons (Fsp3) is 0.422. The molecule has 4 atom stereocenters. The molecule has 0 aliphatic carbocycles. The van der Waals surface area contributed by atoms with Crippen molar-refractivity contribution < 1.29 is 29.3 Å². The molecule has 0 fully saturated rings. The van der Waals surface area contributed by atoms with Crippen LogP contribution in [0.5, 0.6) is 0 Å². The van der Waals surface area contributed by atoms with Crippen LogP contribution in [0, 0.1) is 39.5 Å². The fourth-order valence-electron chi connectivity index (χ4n) is 7.74. The molecule has 57 heavy (non-hydrogen) atoms. The number of carbonyl (C=O) groups excluding carboxylic acids is 2. The van der Waals surface area contributed by atoms with E-state index >= 15 is 0 Å². The van der Waals surface area contributed by atoms with E-state index in [-0.39, 0.29) is 48.8 Å². The summed E-state index contributed by atoms with van der Waals surface area (Å²) in [6.07, 6.45) is 0. The molecule has 2 N–H and O–H groups in total. The van der Waals surface area contributed by atoms with Gasteiger partial charge < -0.3 is 19.7 Å². The predicted molar refractivity (Wildman–Crippen MR) is 221 cm³/mol. The van der Waals surface area contributed by atoms with E-state index in [4.69, 9.17) is 9.47 Å². The predicted octanol–water partition coefficient (Wildman–Crippen LogP) is 7.30. The molecular formula is C45H56N6O6. The highest BCUT2D eigenvalue weighted by Gasteiger charge is 2.32. The van der Waals surface area contributed by atoms with Crippen molar-refractivity contribution in [2.45, 2.75) is 93.9 Å². The van der Waals surface area contributed by atoms with Crippen molar-refractivity contribution in [3.63, 3.8) is 0 Å². The van der Waals surface area contributed by atoms with Gasteiger partial charge in [-0.15, -0.1) is 10.2 Å². The van der Waals surface area contributed by atoms with Gasteiger partial charge in [-0.1, -0.05) is 72.8 Å². The molecule has 6 aromatic rings. The van der Waals surface area contributed by atoms with Crippen molar-refractivity contribution in [2.24, 2.45) is 18.9 Å². The van der Waals surface area contributed by atoms with Gasteiger partial charge in [0.25, 0.3) is 0 Å².